The lowest BCUT2D eigenvalue weighted by Gasteiger charge is -2.51. The number of aliphatic hydroxyl groups excluding tert-OH is 1. The van der Waals surface area contributed by atoms with Gasteiger partial charge >= 0.3 is 0 Å². The zero-order chi connectivity index (χ0) is 21.2. The Hall–Kier alpha value is -2.00. The van der Waals surface area contributed by atoms with Gasteiger partial charge in [0.15, 0.2) is 11.5 Å². The lowest BCUT2D eigenvalue weighted by atomic mass is 9.53. The van der Waals surface area contributed by atoms with Crippen LogP contribution in [-0.2, 0) is 12.8 Å². The van der Waals surface area contributed by atoms with E-state index in [0.29, 0.717) is 19.1 Å². The van der Waals surface area contributed by atoms with Crippen LogP contribution >= 0.6 is 0 Å². The van der Waals surface area contributed by atoms with Crippen LogP contribution in [0.3, 0.4) is 0 Å². The predicted octanol–water partition coefficient (Wildman–Crippen LogP) is 5.80. The average molecular weight is 419 g/mol. The monoisotopic (exact) mass is 418 g/mol. The van der Waals surface area contributed by atoms with E-state index in [1.807, 2.05) is 6.07 Å². The fraction of sp³-hybridized carbons (Fsp3) is 0.571. The largest absolute Gasteiger partial charge is 0.454 e. The molecule has 1 aliphatic heterocycles. The molecule has 3 aliphatic carbocycles. The van der Waals surface area contributed by atoms with E-state index in [-0.39, 0.29) is 11.5 Å². The topological polar surface area (TPSA) is 38.7 Å². The Morgan fingerprint density at radius 3 is 2.81 bits per heavy atom. The van der Waals surface area contributed by atoms with Crippen molar-refractivity contribution in [1.82, 2.24) is 0 Å². The van der Waals surface area contributed by atoms with Crippen LogP contribution < -0.4 is 9.47 Å². The Morgan fingerprint density at radius 2 is 1.90 bits per heavy atom. The molecule has 4 aliphatic rings. The van der Waals surface area contributed by atoms with Crippen LogP contribution in [0.2, 0.25) is 0 Å². The molecule has 1 N–H and O–H groups in total. The zero-order valence-electron chi connectivity index (χ0n) is 18.8. The predicted molar refractivity (Wildman–Crippen MR) is 122 cm³/mol. The number of aryl methyl sites for hydroxylation is 2. The standard InChI is InChI=1S/C28H34O3/c1-17-3-6-20-19(13-17)5-7-22-21(20)11-12-28(2)23(22)8-9-24(28)25(29)14-18-4-10-26-27(15-18)31-16-30-26/h3-4,6,10,13,15,21-25,29H,5,7-9,11-12,14,16H2,1-2H3/t21-,22-,23+,24-,25?,28+/m1/s1. The van der Waals surface area contributed by atoms with Gasteiger partial charge in [0.2, 0.25) is 6.79 Å². The van der Waals surface area contributed by atoms with Crippen LogP contribution in [-0.4, -0.2) is 18.0 Å². The van der Waals surface area contributed by atoms with E-state index < -0.39 is 0 Å². The SMILES string of the molecule is Cc1ccc2c(c1)CC[C@@H]1[C@@H]2CC[C@]2(C)[C@@H](C(O)Cc3ccc4c(c3)OCO4)CC[C@@H]12. The van der Waals surface area contributed by atoms with Crippen molar-refractivity contribution in [2.75, 3.05) is 6.79 Å². The molecule has 3 heteroatoms. The third kappa shape index (κ3) is 3.11. The molecule has 0 bridgehead atoms. The number of ether oxygens (including phenoxy) is 2. The van der Waals surface area contributed by atoms with Gasteiger partial charge in [-0.3, -0.25) is 0 Å². The number of hydrogen-bond acceptors (Lipinski definition) is 3. The van der Waals surface area contributed by atoms with Gasteiger partial charge in [0.1, 0.15) is 0 Å². The van der Waals surface area contributed by atoms with Gasteiger partial charge in [-0.15, -0.1) is 0 Å². The zero-order valence-corrected chi connectivity index (χ0v) is 18.8. The number of benzene rings is 2. The van der Waals surface area contributed by atoms with Crippen molar-refractivity contribution >= 4 is 0 Å². The molecule has 0 aromatic heterocycles. The van der Waals surface area contributed by atoms with Crippen LogP contribution in [0.25, 0.3) is 0 Å². The van der Waals surface area contributed by atoms with Crippen LogP contribution in [0, 0.1) is 30.1 Å². The van der Waals surface area contributed by atoms with E-state index in [1.165, 1.54) is 37.7 Å². The van der Waals surface area contributed by atoms with Gasteiger partial charge in [0.25, 0.3) is 0 Å². The van der Waals surface area contributed by atoms with Crippen LogP contribution in [0.15, 0.2) is 36.4 Å². The van der Waals surface area contributed by atoms with E-state index in [2.05, 4.69) is 44.2 Å². The molecule has 164 valence electrons. The van der Waals surface area contributed by atoms with Crippen molar-refractivity contribution in [3.63, 3.8) is 0 Å². The van der Waals surface area contributed by atoms with Gasteiger partial charge < -0.3 is 14.6 Å². The Kier molecular flexibility index (Phi) is 4.61. The number of fused-ring (bicyclic) bond motifs is 6. The molecule has 2 aromatic carbocycles. The van der Waals surface area contributed by atoms with Crippen LogP contribution in [0.5, 0.6) is 11.5 Å². The Bertz CT molecular complexity index is 998. The quantitative estimate of drug-likeness (QED) is 0.685. The maximum absolute atomic E-state index is 11.4. The molecule has 0 radical (unpaired) electrons. The van der Waals surface area contributed by atoms with Gasteiger partial charge in [-0.25, -0.2) is 0 Å². The maximum atomic E-state index is 11.4. The molecule has 1 heterocycles. The molecule has 3 nitrogen and oxygen atoms in total. The second-order valence-electron chi connectivity index (χ2n) is 10.8. The minimum Gasteiger partial charge on any atom is -0.454 e. The summed E-state index contributed by atoms with van der Waals surface area (Å²) in [6, 6.07) is 13.3. The van der Waals surface area contributed by atoms with Crippen molar-refractivity contribution in [2.45, 2.75) is 70.8 Å². The van der Waals surface area contributed by atoms with E-state index in [4.69, 9.17) is 9.47 Å². The summed E-state index contributed by atoms with van der Waals surface area (Å²) in [6.07, 6.45) is 7.95. The van der Waals surface area contributed by atoms with Crippen molar-refractivity contribution in [2.24, 2.45) is 23.2 Å². The van der Waals surface area contributed by atoms with E-state index in [1.54, 1.807) is 11.1 Å². The molecule has 1 unspecified atom stereocenters. The molecular weight excluding hydrogens is 384 g/mol. The minimum absolute atomic E-state index is 0.263. The highest BCUT2D eigenvalue weighted by Crippen LogP contribution is 2.63. The highest BCUT2D eigenvalue weighted by atomic mass is 16.7. The summed E-state index contributed by atoms with van der Waals surface area (Å²) in [4.78, 5) is 0. The Balaban J connectivity index is 1.21. The van der Waals surface area contributed by atoms with E-state index in [0.717, 1.165) is 41.2 Å². The molecule has 0 spiro atoms. The third-order valence-electron chi connectivity index (χ3n) is 9.30. The first-order chi connectivity index (χ1) is 15.0. The van der Waals surface area contributed by atoms with Crippen molar-refractivity contribution in [3.8, 4) is 11.5 Å². The molecule has 6 atom stereocenters. The first-order valence-corrected chi connectivity index (χ1v) is 12.2. The maximum Gasteiger partial charge on any atom is 0.231 e. The summed E-state index contributed by atoms with van der Waals surface area (Å²) >= 11 is 0. The minimum atomic E-state index is -0.287. The fourth-order valence-corrected chi connectivity index (χ4v) is 7.84. The number of aliphatic hydroxyl groups is 1. The molecule has 0 amide bonds. The summed E-state index contributed by atoms with van der Waals surface area (Å²) in [5.74, 6) is 4.29. The van der Waals surface area contributed by atoms with Crippen LogP contribution in [0.4, 0.5) is 0 Å². The third-order valence-corrected chi connectivity index (χ3v) is 9.30. The Morgan fingerprint density at radius 1 is 1.03 bits per heavy atom. The van der Waals surface area contributed by atoms with E-state index in [9.17, 15) is 5.11 Å². The number of hydrogen-bond donors (Lipinski definition) is 1. The second-order valence-corrected chi connectivity index (χ2v) is 10.8. The average Bonchev–Trinajstić information content (AvgIpc) is 3.36. The number of rotatable bonds is 3. The molecule has 2 saturated carbocycles. The molecule has 0 saturated heterocycles. The van der Waals surface area contributed by atoms with Gasteiger partial charge in [0, 0.05) is 0 Å². The van der Waals surface area contributed by atoms with Gasteiger partial charge in [0.05, 0.1) is 6.10 Å². The Labute approximate surface area is 185 Å². The summed E-state index contributed by atoms with van der Waals surface area (Å²) in [5, 5.41) is 11.4. The fourth-order valence-electron chi connectivity index (χ4n) is 7.84. The van der Waals surface area contributed by atoms with Crippen molar-refractivity contribution in [3.05, 3.63) is 58.7 Å². The summed E-state index contributed by atoms with van der Waals surface area (Å²) in [7, 11) is 0. The van der Waals surface area contributed by atoms with Crippen LogP contribution in [0.1, 0.15) is 67.2 Å². The summed E-state index contributed by atoms with van der Waals surface area (Å²) < 4.78 is 11.0. The van der Waals surface area contributed by atoms with Crippen molar-refractivity contribution in [1.29, 1.82) is 0 Å². The van der Waals surface area contributed by atoms with E-state index >= 15 is 0 Å². The highest BCUT2D eigenvalue weighted by Gasteiger charge is 2.56. The summed E-state index contributed by atoms with van der Waals surface area (Å²) in [6.45, 7) is 5.02. The summed E-state index contributed by atoms with van der Waals surface area (Å²) in [5.41, 5.74) is 6.04. The highest BCUT2D eigenvalue weighted by molar-refractivity contribution is 5.44. The normalized spacial score (nSPS) is 34.0. The molecular formula is C28H34O3. The lowest BCUT2D eigenvalue weighted by molar-refractivity contribution is -0.0239. The van der Waals surface area contributed by atoms with Crippen molar-refractivity contribution < 1.29 is 14.6 Å². The van der Waals surface area contributed by atoms with Gasteiger partial charge in [-0.1, -0.05) is 36.8 Å². The lowest BCUT2D eigenvalue weighted by Crippen LogP contribution is -2.45. The first-order valence-electron chi connectivity index (χ1n) is 12.2. The molecule has 31 heavy (non-hydrogen) atoms. The first kappa shape index (κ1) is 19.7. The van der Waals surface area contributed by atoms with Gasteiger partial charge in [-0.05, 0) is 110 Å². The molecule has 2 fully saturated rings. The molecule has 2 aromatic rings. The smallest absolute Gasteiger partial charge is 0.231 e. The second kappa shape index (κ2) is 7.27. The van der Waals surface area contributed by atoms with Gasteiger partial charge in [-0.2, -0.15) is 0 Å². The molecule has 6 rings (SSSR count).